The molecule has 2 aromatic rings. The lowest BCUT2D eigenvalue weighted by Gasteiger charge is -2.31. The van der Waals surface area contributed by atoms with Gasteiger partial charge in [-0.15, -0.1) is 0 Å². The van der Waals surface area contributed by atoms with Gasteiger partial charge >= 0.3 is 0 Å². The van der Waals surface area contributed by atoms with Gasteiger partial charge in [0.1, 0.15) is 5.76 Å². The van der Waals surface area contributed by atoms with E-state index in [4.69, 9.17) is 9.15 Å². The van der Waals surface area contributed by atoms with Gasteiger partial charge in [0, 0.05) is 25.6 Å². The summed E-state index contributed by atoms with van der Waals surface area (Å²) in [5, 5.41) is 0. The second kappa shape index (κ2) is 10.8. The molecule has 2 amide bonds. The number of hydrogen-bond donors (Lipinski definition) is 0. The van der Waals surface area contributed by atoms with Crippen LogP contribution in [0, 0.1) is 5.41 Å². The minimum Gasteiger partial charge on any atom is -0.467 e. The minimum atomic E-state index is -0.566. The molecular weight excluding hydrogens is 368 g/mol. The summed E-state index contributed by atoms with van der Waals surface area (Å²) in [5.41, 5.74) is 0.593. The molecule has 0 aliphatic heterocycles. The van der Waals surface area contributed by atoms with E-state index in [9.17, 15) is 9.59 Å². The highest BCUT2D eigenvalue weighted by Crippen LogP contribution is 2.18. The van der Waals surface area contributed by atoms with E-state index in [0.717, 1.165) is 17.7 Å². The molecule has 1 heterocycles. The number of ether oxygens (including phenoxy) is 1. The van der Waals surface area contributed by atoms with Crippen LogP contribution in [-0.4, -0.2) is 55.0 Å². The third-order valence-corrected chi connectivity index (χ3v) is 4.61. The van der Waals surface area contributed by atoms with E-state index in [1.807, 2.05) is 63.2 Å². The SMILES string of the molecule is COCCN(CC(=O)N(CCc1ccccc1)Cc1ccco1)C(=O)C(C)(C)C. The van der Waals surface area contributed by atoms with Gasteiger partial charge in [0.05, 0.1) is 26.0 Å². The molecule has 6 nitrogen and oxygen atoms in total. The lowest BCUT2D eigenvalue weighted by atomic mass is 9.94. The maximum atomic E-state index is 13.1. The fourth-order valence-corrected chi connectivity index (χ4v) is 2.98. The van der Waals surface area contributed by atoms with Gasteiger partial charge in [-0.25, -0.2) is 0 Å². The van der Waals surface area contributed by atoms with Crippen molar-refractivity contribution in [3.8, 4) is 0 Å². The normalized spacial score (nSPS) is 11.3. The van der Waals surface area contributed by atoms with Crippen LogP contribution >= 0.6 is 0 Å². The molecule has 0 aliphatic carbocycles. The van der Waals surface area contributed by atoms with Crippen LogP contribution in [0.15, 0.2) is 53.1 Å². The molecule has 0 aliphatic rings. The van der Waals surface area contributed by atoms with Crippen molar-refractivity contribution in [2.75, 3.05) is 33.4 Å². The molecule has 158 valence electrons. The summed E-state index contributed by atoms with van der Waals surface area (Å²) in [4.78, 5) is 29.3. The van der Waals surface area contributed by atoms with E-state index in [-0.39, 0.29) is 18.4 Å². The number of furan rings is 1. The molecule has 0 saturated heterocycles. The Hall–Kier alpha value is -2.60. The third-order valence-electron chi connectivity index (χ3n) is 4.61. The molecular formula is C23H32N2O4. The molecule has 0 atom stereocenters. The summed E-state index contributed by atoms with van der Waals surface area (Å²) in [6.45, 7) is 7.28. The van der Waals surface area contributed by atoms with Gasteiger partial charge in [-0.05, 0) is 24.1 Å². The highest BCUT2D eigenvalue weighted by Gasteiger charge is 2.29. The fourth-order valence-electron chi connectivity index (χ4n) is 2.98. The van der Waals surface area contributed by atoms with Crippen LogP contribution in [0.2, 0.25) is 0 Å². The Morgan fingerprint density at radius 1 is 1.00 bits per heavy atom. The molecule has 0 radical (unpaired) electrons. The smallest absolute Gasteiger partial charge is 0.242 e. The summed E-state index contributed by atoms with van der Waals surface area (Å²) in [7, 11) is 1.59. The number of nitrogens with zero attached hydrogens (tertiary/aromatic N) is 2. The molecule has 0 spiro atoms. The molecule has 1 aromatic heterocycles. The van der Waals surface area contributed by atoms with E-state index in [1.54, 1.807) is 23.2 Å². The third kappa shape index (κ3) is 7.38. The molecule has 0 saturated carbocycles. The van der Waals surface area contributed by atoms with Crippen LogP contribution in [0.3, 0.4) is 0 Å². The predicted octanol–water partition coefficient (Wildman–Crippen LogP) is 3.37. The summed E-state index contributed by atoms with van der Waals surface area (Å²) >= 11 is 0. The van der Waals surface area contributed by atoms with Gasteiger partial charge in [-0.3, -0.25) is 9.59 Å². The van der Waals surface area contributed by atoms with Crippen LogP contribution in [0.5, 0.6) is 0 Å². The highest BCUT2D eigenvalue weighted by molar-refractivity contribution is 5.87. The first-order chi connectivity index (χ1) is 13.8. The Balaban J connectivity index is 2.11. The first-order valence-corrected chi connectivity index (χ1v) is 9.93. The fraction of sp³-hybridized carbons (Fsp3) is 0.478. The number of hydrogen-bond acceptors (Lipinski definition) is 4. The van der Waals surface area contributed by atoms with Crippen LogP contribution in [0.1, 0.15) is 32.1 Å². The van der Waals surface area contributed by atoms with Crippen LogP contribution in [0.4, 0.5) is 0 Å². The lowest BCUT2D eigenvalue weighted by Crippen LogP contribution is -2.47. The summed E-state index contributed by atoms with van der Waals surface area (Å²) < 4.78 is 10.6. The average molecular weight is 401 g/mol. The van der Waals surface area contributed by atoms with Gasteiger partial charge in [0.2, 0.25) is 11.8 Å². The first-order valence-electron chi connectivity index (χ1n) is 9.93. The number of methoxy groups -OCH3 is 1. The second-order valence-electron chi connectivity index (χ2n) is 8.10. The van der Waals surface area contributed by atoms with Gasteiger partial charge in [0.25, 0.3) is 0 Å². The van der Waals surface area contributed by atoms with Crippen molar-refractivity contribution < 1.29 is 18.7 Å². The molecule has 0 N–H and O–H groups in total. The summed E-state index contributed by atoms with van der Waals surface area (Å²) in [6.07, 6.45) is 2.34. The van der Waals surface area contributed by atoms with Gasteiger partial charge in [-0.1, -0.05) is 51.1 Å². The second-order valence-corrected chi connectivity index (χ2v) is 8.10. The number of benzene rings is 1. The quantitative estimate of drug-likeness (QED) is 0.613. The largest absolute Gasteiger partial charge is 0.467 e. The van der Waals surface area contributed by atoms with Gasteiger partial charge < -0.3 is 19.0 Å². The molecule has 29 heavy (non-hydrogen) atoms. The van der Waals surface area contributed by atoms with E-state index in [0.29, 0.717) is 26.2 Å². The Bertz CT molecular complexity index is 751. The van der Waals surface area contributed by atoms with E-state index in [2.05, 4.69) is 0 Å². The molecule has 6 heteroatoms. The van der Waals surface area contributed by atoms with Crippen molar-refractivity contribution >= 4 is 11.8 Å². The summed E-state index contributed by atoms with van der Waals surface area (Å²) in [6, 6.07) is 13.7. The maximum absolute atomic E-state index is 13.1. The number of carbonyl (C=O) groups excluding carboxylic acids is 2. The van der Waals surface area contributed by atoms with Crippen molar-refractivity contribution in [1.29, 1.82) is 0 Å². The van der Waals surface area contributed by atoms with E-state index >= 15 is 0 Å². The molecule has 0 bridgehead atoms. The van der Waals surface area contributed by atoms with E-state index < -0.39 is 5.41 Å². The van der Waals surface area contributed by atoms with Crippen LogP contribution in [-0.2, 0) is 27.3 Å². The van der Waals surface area contributed by atoms with Crippen molar-refractivity contribution in [2.24, 2.45) is 5.41 Å². The Labute approximate surface area is 173 Å². The zero-order valence-corrected chi connectivity index (χ0v) is 17.9. The predicted molar refractivity (Wildman–Crippen MR) is 112 cm³/mol. The molecule has 0 fully saturated rings. The average Bonchev–Trinajstić information content (AvgIpc) is 3.21. The Morgan fingerprint density at radius 2 is 1.72 bits per heavy atom. The minimum absolute atomic E-state index is 0.0228. The van der Waals surface area contributed by atoms with Crippen molar-refractivity contribution in [3.05, 3.63) is 60.1 Å². The number of amides is 2. The molecule has 0 unspecified atom stereocenters. The van der Waals surface area contributed by atoms with Crippen LogP contribution < -0.4 is 0 Å². The molecule has 1 aromatic carbocycles. The summed E-state index contributed by atoms with van der Waals surface area (Å²) in [5.74, 6) is 0.548. The maximum Gasteiger partial charge on any atom is 0.242 e. The number of carbonyl (C=O) groups is 2. The zero-order chi connectivity index (χ0) is 21.3. The number of rotatable bonds is 10. The lowest BCUT2D eigenvalue weighted by molar-refractivity contribution is -0.146. The monoisotopic (exact) mass is 400 g/mol. The van der Waals surface area contributed by atoms with Crippen molar-refractivity contribution in [3.63, 3.8) is 0 Å². The molecule has 2 rings (SSSR count). The van der Waals surface area contributed by atoms with Gasteiger partial charge in [0.15, 0.2) is 0 Å². The standard InChI is InChI=1S/C23H32N2O4/c1-23(2,3)22(27)25(14-16-28-4)18-21(26)24(17-20-11-8-15-29-20)13-12-19-9-6-5-7-10-19/h5-11,15H,12-14,16-18H2,1-4H3. The van der Waals surface area contributed by atoms with Crippen molar-refractivity contribution in [1.82, 2.24) is 9.80 Å². The highest BCUT2D eigenvalue weighted by atomic mass is 16.5. The van der Waals surface area contributed by atoms with Crippen molar-refractivity contribution in [2.45, 2.75) is 33.7 Å². The van der Waals surface area contributed by atoms with E-state index in [1.165, 1.54) is 0 Å². The topological polar surface area (TPSA) is 63.0 Å². The Morgan fingerprint density at radius 3 is 2.31 bits per heavy atom. The Kier molecular flexibility index (Phi) is 8.46. The van der Waals surface area contributed by atoms with Crippen LogP contribution in [0.25, 0.3) is 0 Å². The zero-order valence-electron chi connectivity index (χ0n) is 17.9. The van der Waals surface area contributed by atoms with Gasteiger partial charge in [-0.2, -0.15) is 0 Å². The first kappa shape index (κ1) is 22.7.